The van der Waals surface area contributed by atoms with Gasteiger partial charge in [0.25, 0.3) is 0 Å². The van der Waals surface area contributed by atoms with Crippen molar-refractivity contribution in [3.8, 4) is 0 Å². The maximum atomic E-state index is 11.7. The lowest BCUT2D eigenvalue weighted by Crippen LogP contribution is -2.33. The van der Waals surface area contributed by atoms with E-state index in [4.69, 9.17) is 0 Å². The SMILES string of the molecule is CC(C)N1CCS(=O)(=O)Nc2ccccc21. The summed E-state index contributed by atoms with van der Waals surface area (Å²) in [6.07, 6.45) is 0. The number of rotatable bonds is 1. The van der Waals surface area contributed by atoms with Crippen molar-refractivity contribution in [2.45, 2.75) is 19.9 Å². The number of para-hydroxylation sites is 2. The van der Waals surface area contributed by atoms with Gasteiger partial charge in [-0.3, -0.25) is 4.72 Å². The molecule has 0 amide bonds. The highest BCUT2D eigenvalue weighted by molar-refractivity contribution is 7.92. The molecule has 1 aromatic carbocycles. The van der Waals surface area contributed by atoms with E-state index >= 15 is 0 Å². The van der Waals surface area contributed by atoms with Gasteiger partial charge in [-0.2, -0.15) is 0 Å². The van der Waals surface area contributed by atoms with Gasteiger partial charge in [-0.15, -0.1) is 0 Å². The second-order valence-corrected chi connectivity index (χ2v) is 6.07. The average Bonchev–Trinajstić information content (AvgIpc) is 2.32. The van der Waals surface area contributed by atoms with Crippen LogP contribution in [-0.4, -0.2) is 26.8 Å². The van der Waals surface area contributed by atoms with Gasteiger partial charge in [0.2, 0.25) is 10.0 Å². The molecule has 1 heterocycles. The summed E-state index contributed by atoms with van der Waals surface area (Å²) in [4.78, 5) is 2.10. The summed E-state index contributed by atoms with van der Waals surface area (Å²) in [6.45, 7) is 4.66. The zero-order chi connectivity index (χ0) is 11.8. The largest absolute Gasteiger partial charge is 0.366 e. The highest BCUT2D eigenvalue weighted by Gasteiger charge is 2.23. The fraction of sp³-hybridized carbons (Fsp3) is 0.455. The summed E-state index contributed by atoms with van der Waals surface area (Å²) in [5.41, 5.74) is 1.63. The lowest BCUT2D eigenvalue weighted by atomic mass is 10.2. The number of anilines is 2. The second-order valence-electron chi connectivity index (χ2n) is 4.23. The van der Waals surface area contributed by atoms with Crippen molar-refractivity contribution in [3.05, 3.63) is 24.3 Å². The summed E-state index contributed by atoms with van der Waals surface area (Å²) in [5, 5.41) is 0. The fourth-order valence-corrected chi connectivity index (χ4v) is 2.95. The van der Waals surface area contributed by atoms with E-state index in [1.165, 1.54) is 0 Å². The van der Waals surface area contributed by atoms with Crippen LogP contribution >= 0.6 is 0 Å². The van der Waals surface area contributed by atoms with Crippen molar-refractivity contribution in [2.75, 3.05) is 21.9 Å². The molecule has 1 N–H and O–H groups in total. The molecule has 0 radical (unpaired) electrons. The summed E-state index contributed by atoms with van der Waals surface area (Å²) >= 11 is 0. The van der Waals surface area contributed by atoms with Gasteiger partial charge >= 0.3 is 0 Å². The Morgan fingerprint density at radius 2 is 2.00 bits per heavy atom. The number of hydrogen-bond acceptors (Lipinski definition) is 3. The van der Waals surface area contributed by atoms with E-state index in [2.05, 4.69) is 23.5 Å². The Balaban J connectivity index is 2.50. The zero-order valence-corrected chi connectivity index (χ0v) is 10.3. The first kappa shape index (κ1) is 11.3. The minimum atomic E-state index is -3.19. The fourth-order valence-electron chi connectivity index (χ4n) is 1.90. The first-order chi connectivity index (χ1) is 7.49. The molecule has 0 spiro atoms. The third kappa shape index (κ3) is 2.14. The van der Waals surface area contributed by atoms with Crippen LogP contribution in [0.3, 0.4) is 0 Å². The van der Waals surface area contributed by atoms with Crippen LogP contribution in [0.2, 0.25) is 0 Å². The van der Waals surface area contributed by atoms with Crippen LogP contribution in [0.5, 0.6) is 0 Å². The summed E-state index contributed by atoms with van der Waals surface area (Å²) in [6, 6.07) is 7.80. The van der Waals surface area contributed by atoms with Crippen LogP contribution in [0.1, 0.15) is 13.8 Å². The van der Waals surface area contributed by atoms with Crippen molar-refractivity contribution >= 4 is 21.4 Å². The van der Waals surface area contributed by atoms with Crippen LogP contribution in [0.15, 0.2) is 24.3 Å². The van der Waals surface area contributed by atoms with E-state index in [1.807, 2.05) is 18.2 Å². The minimum absolute atomic E-state index is 0.139. The number of hydrogen-bond donors (Lipinski definition) is 1. The molecule has 88 valence electrons. The molecular weight excluding hydrogens is 224 g/mol. The third-order valence-corrected chi connectivity index (χ3v) is 3.95. The molecule has 0 bridgehead atoms. The molecule has 0 saturated heterocycles. The Kier molecular flexibility index (Phi) is 2.80. The molecule has 16 heavy (non-hydrogen) atoms. The van der Waals surface area contributed by atoms with Crippen molar-refractivity contribution < 1.29 is 8.42 Å². The zero-order valence-electron chi connectivity index (χ0n) is 9.47. The number of nitrogens with zero attached hydrogens (tertiary/aromatic N) is 1. The molecule has 5 heteroatoms. The predicted octanol–water partition coefficient (Wildman–Crippen LogP) is 1.66. The summed E-state index contributed by atoms with van der Waals surface area (Å²) in [5.74, 6) is 0.139. The average molecular weight is 240 g/mol. The molecule has 0 aliphatic carbocycles. The van der Waals surface area contributed by atoms with E-state index in [1.54, 1.807) is 6.07 Å². The third-order valence-electron chi connectivity index (χ3n) is 2.70. The lowest BCUT2D eigenvalue weighted by molar-refractivity contribution is 0.599. The van der Waals surface area contributed by atoms with Crippen LogP contribution in [-0.2, 0) is 10.0 Å². The predicted molar refractivity (Wildman–Crippen MR) is 66.3 cm³/mol. The van der Waals surface area contributed by atoms with Gasteiger partial charge in [-0.25, -0.2) is 8.42 Å². The van der Waals surface area contributed by atoms with Gasteiger partial charge in [0.05, 0.1) is 17.1 Å². The number of nitrogens with one attached hydrogen (secondary N) is 1. The van der Waals surface area contributed by atoms with Crippen molar-refractivity contribution in [1.82, 2.24) is 0 Å². The van der Waals surface area contributed by atoms with Gasteiger partial charge in [-0.1, -0.05) is 12.1 Å². The number of fused-ring (bicyclic) bond motifs is 1. The van der Waals surface area contributed by atoms with Crippen LogP contribution in [0.4, 0.5) is 11.4 Å². The Bertz CT molecular complexity index is 483. The molecule has 0 aromatic heterocycles. The van der Waals surface area contributed by atoms with Gasteiger partial charge in [0, 0.05) is 12.6 Å². The summed E-state index contributed by atoms with van der Waals surface area (Å²) in [7, 11) is -3.19. The first-order valence-electron chi connectivity index (χ1n) is 5.36. The monoisotopic (exact) mass is 240 g/mol. The Morgan fingerprint density at radius 1 is 1.31 bits per heavy atom. The van der Waals surface area contributed by atoms with E-state index < -0.39 is 10.0 Å². The van der Waals surface area contributed by atoms with Crippen LogP contribution < -0.4 is 9.62 Å². The van der Waals surface area contributed by atoms with Crippen LogP contribution in [0, 0.1) is 0 Å². The number of benzene rings is 1. The van der Waals surface area contributed by atoms with E-state index in [9.17, 15) is 8.42 Å². The van der Waals surface area contributed by atoms with Gasteiger partial charge < -0.3 is 4.90 Å². The molecule has 0 fully saturated rings. The van der Waals surface area contributed by atoms with Crippen molar-refractivity contribution in [2.24, 2.45) is 0 Å². The highest BCUT2D eigenvalue weighted by Crippen LogP contribution is 2.30. The molecule has 0 atom stereocenters. The smallest absolute Gasteiger partial charge is 0.234 e. The Hall–Kier alpha value is -1.23. The van der Waals surface area contributed by atoms with E-state index in [0.29, 0.717) is 12.2 Å². The van der Waals surface area contributed by atoms with Crippen molar-refractivity contribution in [3.63, 3.8) is 0 Å². The first-order valence-corrected chi connectivity index (χ1v) is 7.01. The summed E-state index contributed by atoms with van der Waals surface area (Å²) < 4.78 is 25.9. The Morgan fingerprint density at radius 3 is 2.69 bits per heavy atom. The van der Waals surface area contributed by atoms with Gasteiger partial charge in [0.1, 0.15) is 0 Å². The molecule has 1 aliphatic rings. The normalized spacial score (nSPS) is 18.8. The van der Waals surface area contributed by atoms with E-state index in [-0.39, 0.29) is 11.8 Å². The lowest BCUT2D eigenvalue weighted by Gasteiger charge is -2.27. The second kappa shape index (κ2) is 3.97. The standard InChI is InChI=1S/C11H16N2O2S/c1-9(2)13-7-8-16(14,15)12-10-5-3-4-6-11(10)13/h3-6,9,12H,7-8H2,1-2H3. The quantitative estimate of drug-likeness (QED) is 0.812. The highest BCUT2D eigenvalue weighted by atomic mass is 32.2. The topological polar surface area (TPSA) is 49.4 Å². The van der Waals surface area contributed by atoms with Gasteiger partial charge in [0.15, 0.2) is 0 Å². The number of sulfonamides is 1. The Labute approximate surface area is 96.3 Å². The molecule has 4 nitrogen and oxygen atoms in total. The van der Waals surface area contributed by atoms with Crippen molar-refractivity contribution in [1.29, 1.82) is 0 Å². The maximum absolute atomic E-state index is 11.7. The maximum Gasteiger partial charge on any atom is 0.234 e. The molecule has 0 unspecified atom stereocenters. The molecule has 2 rings (SSSR count). The molecule has 1 aromatic rings. The minimum Gasteiger partial charge on any atom is -0.366 e. The van der Waals surface area contributed by atoms with Gasteiger partial charge in [-0.05, 0) is 26.0 Å². The van der Waals surface area contributed by atoms with E-state index in [0.717, 1.165) is 5.69 Å². The molecule has 1 aliphatic heterocycles. The molecular formula is C11H16N2O2S. The molecule has 0 saturated carbocycles. The van der Waals surface area contributed by atoms with Crippen LogP contribution in [0.25, 0.3) is 0 Å².